The summed E-state index contributed by atoms with van der Waals surface area (Å²) in [5.74, 6) is -0.166. The van der Waals surface area contributed by atoms with Crippen molar-refractivity contribution in [3.63, 3.8) is 0 Å². The molecule has 1 amide bonds. The highest BCUT2D eigenvalue weighted by atomic mass is 16.5. The van der Waals surface area contributed by atoms with Gasteiger partial charge in [-0.2, -0.15) is 0 Å². The molecule has 0 saturated carbocycles. The zero-order chi connectivity index (χ0) is 19.2. The van der Waals surface area contributed by atoms with E-state index in [0.717, 1.165) is 32.2 Å². The number of carbonyl (C=O) groups is 2. The molecule has 0 bridgehead atoms. The van der Waals surface area contributed by atoms with Crippen LogP contribution in [0.5, 0.6) is 0 Å². The Kier molecular flexibility index (Phi) is 6.21. The Labute approximate surface area is 157 Å². The summed E-state index contributed by atoms with van der Waals surface area (Å²) in [6.07, 6.45) is 4.38. The number of rotatable bonds is 6. The molecule has 2 aromatic rings. The van der Waals surface area contributed by atoms with Gasteiger partial charge in [-0.1, -0.05) is 19.1 Å². The first-order chi connectivity index (χ1) is 13.1. The highest BCUT2D eigenvalue weighted by Gasteiger charge is 2.25. The number of likely N-dealkylation sites (tertiary alicyclic amines) is 1. The molecule has 1 N–H and O–H groups in total. The summed E-state index contributed by atoms with van der Waals surface area (Å²) in [5.41, 5.74) is 0.366. The molecule has 1 atom stereocenters. The number of aromatic amines is 1. The molecule has 1 aromatic heterocycles. The van der Waals surface area contributed by atoms with Gasteiger partial charge < -0.3 is 14.6 Å². The van der Waals surface area contributed by atoms with Crippen LogP contribution in [0.15, 0.2) is 29.1 Å². The lowest BCUT2D eigenvalue weighted by Crippen LogP contribution is -2.45. The van der Waals surface area contributed by atoms with Crippen LogP contribution in [-0.4, -0.2) is 45.9 Å². The van der Waals surface area contributed by atoms with Crippen molar-refractivity contribution >= 4 is 22.8 Å². The van der Waals surface area contributed by atoms with Crippen LogP contribution in [-0.2, 0) is 20.7 Å². The summed E-state index contributed by atoms with van der Waals surface area (Å²) in [4.78, 5) is 45.2. The van der Waals surface area contributed by atoms with Gasteiger partial charge in [-0.25, -0.2) is 4.98 Å². The molecule has 2 heterocycles. The number of amides is 1. The van der Waals surface area contributed by atoms with Crippen molar-refractivity contribution in [3.8, 4) is 0 Å². The fourth-order valence-corrected chi connectivity index (χ4v) is 3.52. The number of esters is 1. The van der Waals surface area contributed by atoms with Crippen molar-refractivity contribution in [2.45, 2.75) is 51.5 Å². The smallest absolute Gasteiger partial charge is 0.306 e. The highest BCUT2D eigenvalue weighted by molar-refractivity contribution is 5.81. The maximum Gasteiger partial charge on any atom is 0.306 e. The molecule has 0 aliphatic carbocycles. The Morgan fingerprint density at radius 2 is 2.11 bits per heavy atom. The lowest BCUT2D eigenvalue weighted by atomic mass is 10.00. The second kappa shape index (κ2) is 8.79. The molecular formula is C20H25N3O4. The van der Waals surface area contributed by atoms with E-state index < -0.39 is 5.97 Å². The van der Waals surface area contributed by atoms with Gasteiger partial charge in [-0.15, -0.1) is 0 Å². The van der Waals surface area contributed by atoms with Crippen molar-refractivity contribution < 1.29 is 14.3 Å². The monoisotopic (exact) mass is 371 g/mol. The number of piperidine rings is 1. The van der Waals surface area contributed by atoms with Gasteiger partial charge in [0.25, 0.3) is 11.5 Å². The fraction of sp³-hybridized carbons (Fsp3) is 0.500. The van der Waals surface area contributed by atoms with Gasteiger partial charge in [0.15, 0.2) is 6.61 Å². The summed E-state index contributed by atoms with van der Waals surface area (Å²) in [7, 11) is 0. The number of nitrogens with zero attached hydrogens (tertiary/aromatic N) is 2. The Bertz CT molecular complexity index is 877. The van der Waals surface area contributed by atoms with Crippen molar-refractivity contribution in [3.05, 3.63) is 40.4 Å². The third-order valence-electron chi connectivity index (χ3n) is 5.00. The number of hydrogen-bond donors (Lipinski definition) is 1. The van der Waals surface area contributed by atoms with Gasteiger partial charge in [-0.3, -0.25) is 14.4 Å². The van der Waals surface area contributed by atoms with E-state index in [9.17, 15) is 14.4 Å². The normalized spacial score (nSPS) is 17.1. The van der Waals surface area contributed by atoms with Gasteiger partial charge in [0, 0.05) is 19.0 Å². The number of hydrogen-bond acceptors (Lipinski definition) is 5. The Balaban J connectivity index is 1.51. The number of para-hydroxylation sites is 1. The zero-order valence-electron chi connectivity index (χ0n) is 15.6. The molecule has 1 aliphatic heterocycles. The Hall–Kier alpha value is -2.70. The minimum absolute atomic E-state index is 0.0613. The molecular weight excluding hydrogens is 346 g/mol. The second-order valence-corrected chi connectivity index (χ2v) is 6.84. The van der Waals surface area contributed by atoms with Crippen LogP contribution < -0.4 is 5.56 Å². The van der Waals surface area contributed by atoms with Gasteiger partial charge >= 0.3 is 5.97 Å². The zero-order valence-corrected chi connectivity index (χ0v) is 15.6. The third kappa shape index (κ3) is 4.72. The predicted molar refractivity (Wildman–Crippen MR) is 101 cm³/mol. The first kappa shape index (κ1) is 19.1. The van der Waals surface area contributed by atoms with Crippen molar-refractivity contribution in [2.24, 2.45) is 0 Å². The van der Waals surface area contributed by atoms with Gasteiger partial charge in [0.05, 0.1) is 17.3 Å². The number of ether oxygens (including phenoxy) is 1. The molecule has 27 heavy (non-hydrogen) atoms. The lowest BCUT2D eigenvalue weighted by molar-refractivity contribution is -0.153. The molecule has 1 saturated heterocycles. The first-order valence-corrected chi connectivity index (χ1v) is 9.51. The lowest BCUT2D eigenvalue weighted by Gasteiger charge is -2.35. The van der Waals surface area contributed by atoms with E-state index in [0.29, 0.717) is 16.7 Å². The first-order valence-electron chi connectivity index (χ1n) is 9.51. The standard InChI is InChI=1S/C20H25N3O4/c1-2-14-7-5-6-12-23(14)18(24)13-27-19(25)11-10-17-21-16-9-4-3-8-15(16)20(26)22-17/h3-4,8-9,14H,2,5-7,10-13H2,1H3,(H,21,22,26)/t14-/m0/s1. The number of benzene rings is 1. The average molecular weight is 371 g/mol. The fourth-order valence-electron chi connectivity index (χ4n) is 3.52. The van der Waals surface area contributed by atoms with Crippen molar-refractivity contribution in [1.29, 1.82) is 0 Å². The van der Waals surface area contributed by atoms with Crippen LogP contribution in [0.1, 0.15) is 44.9 Å². The molecule has 144 valence electrons. The molecule has 1 aromatic carbocycles. The van der Waals surface area contributed by atoms with E-state index in [2.05, 4.69) is 16.9 Å². The van der Waals surface area contributed by atoms with Gasteiger partial charge in [-0.05, 0) is 37.8 Å². The van der Waals surface area contributed by atoms with E-state index >= 15 is 0 Å². The van der Waals surface area contributed by atoms with E-state index in [1.807, 2.05) is 11.0 Å². The quantitative estimate of drug-likeness (QED) is 0.786. The van der Waals surface area contributed by atoms with Crippen LogP contribution in [0.2, 0.25) is 0 Å². The van der Waals surface area contributed by atoms with Crippen LogP contribution in [0.3, 0.4) is 0 Å². The van der Waals surface area contributed by atoms with Crippen LogP contribution in [0.25, 0.3) is 10.9 Å². The molecule has 0 radical (unpaired) electrons. The predicted octanol–water partition coefficient (Wildman–Crippen LogP) is 2.19. The van der Waals surface area contributed by atoms with Crippen LogP contribution in [0, 0.1) is 0 Å². The molecule has 7 heteroatoms. The molecule has 1 fully saturated rings. The Morgan fingerprint density at radius 1 is 1.30 bits per heavy atom. The summed E-state index contributed by atoms with van der Waals surface area (Å²) in [5, 5.41) is 0.515. The number of carbonyl (C=O) groups excluding carboxylic acids is 2. The molecule has 3 rings (SSSR count). The summed E-state index contributed by atoms with van der Waals surface area (Å²) < 4.78 is 5.14. The largest absolute Gasteiger partial charge is 0.456 e. The van der Waals surface area contributed by atoms with Crippen LogP contribution in [0.4, 0.5) is 0 Å². The van der Waals surface area contributed by atoms with Crippen molar-refractivity contribution in [2.75, 3.05) is 13.2 Å². The van der Waals surface area contributed by atoms with E-state index in [-0.39, 0.29) is 37.0 Å². The van der Waals surface area contributed by atoms with Gasteiger partial charge in [0.2, 0.25) is 0 Å². The number of fused-ring (bicyclic) bond motifs is 1. The Morgan fingerprint density at radius 3 is 2.93 bits per heavy atom. The topological polar surface area (TPSA) is 92.4 Å². The number of H-pyrrole nitrogens is 1. The third-order valence-corrected chi connectivity index (χ3v) is 5.00. The molecule has 1 aliphatic rings. The molecule has 0 unspecified atom stereocenters. The second-order valence-electron chi connectivity index (χ2n) is 6.84. The highest BCUT2D eigenvalue weighted by Crippen LogP contribution is 2.19. The van der Waals surface area contributed by atoms with E-state index in [1.54, 1.807) is 18.2 Å². The van der Waals surface area contributed by atoms with E-state index in [4.69, 9.17) is 4.74 Å². The summed E-state index contributed by atoms with van der Waals surface area (Å²) in [6, 6.07) is 7.29. The average Bonchev–Trinajstić information content (AvgIpc) is 2.70. The minimum Gasteiger partial charge on any atom is -0.456 e. The minimum atomic E-state index is -0.468. The SMILES string of the molecule is CC[C@H]1CCCCN1C(=O)COC(=O)CCc1nc2ccccc2c(=O)[nH]1. The maximum absolute atomic E-state index is 12.3. The molecule has 0 spiro atoms. The number of nitrogens with one attached hydrogen (secondary N) is 1. The number of aromatic nitrogens is 2. The molecule has 7 nitrogen and oxygen atoms in total. The number of aryl methyl sites for hydroxylation is 1. The van der Waals surface area contributed by atoms with Crippen molar-refractivity contribution in [1.82, 2.24) is 14.9 Å². The maximum atomic E-state index is 12.3. The summed E-state index contributed by atoms with van der Waals surface area (Å²) in [6.45, 7) is 2.58. The summed E-state index contributed by atoms with van der Waals surface area (Å²) >= 11 is 0. The van der Waals surface area contributed by atoms with E-state index in [1.165, 1.54) is 0 Å². The van der Waals surface area contributed by atoms with Gasteiger partial charge in [0.1, 0.15) is 5.82 Å². The van der Waals surface area contributed by atoms with Crippen LogP contribution >= 0.6 is 0 Å².